The first-order valence-electron chi connectivity index (χ1n) is 9.32. The van der Waals surface area contributed by atoms with Gasteiger partial charge in [0, 0.05) is 19.0 Å². The van der Waals surface area contributed by atoms with Gasteiger partial charge in [-0.05, 0) is 18.4 Å². The van der Waals surface area contributed by atoms with E-state index in [-0.39, 0.29) is 11.8 Å². The van der Waals surface area contributed by atoms with Gasteiger partial charge in [-0.25, -0.2) is 0 Å². The maximum atomic E-state index is 12.7. The van der Waals surface area contributed by atoms with E-state index in [1.807, 2.05) is 35.2 Å². The Balaban J connectivity index is 1.56. The molecule has 0 bridgehead atoms. The lowest BCUT2D eigenvalue weighted by atomic mass is 10.0. The van der Waals surface area contributed by atoms with Crippen molar-refractivity contribution in [2.45, 2.75) is 31.7 Å². The predicted molar refractivity (Wildman–Crippen MR) is 95.7 cm³/mol. The number of rotatable bonds is 5. The highest BCUT2D eigenvalue weighted by Crippen LogP contribution is 2.28. The second-order valence-corrected chi connectivity index (χ2v) is 6.86. The molecule has 1 amide bonds. The van der Waals surface area contributed by atoms with E-state index in [0.29, 0.717) is 25.1 Å². The Morgan fingerprint density at radius 1 is 1.12 bits per heavy atom. The van der Waals surface area contributed by atoms with Gasteiger partial charge in [0.1, 0.15) is 6.04 Å². The molecule has 4 rings (SSSR count). The van der Waals surface area contributed by atoms with Crippen LogP contribution in [0.25, 0.3) is 0 Å². The molecule has 1 saturated heterocycles. The van der Waals surface area contributed by atoms with Crippen molar-refractivity contribution in [1.29, 1.82) is 0 Å². The zero-order chi connectivity index (χ0) is 17.8. The molecule has 7 nitrogen and oxygen atoms in total. The number of aromatic nitrogens is 2. The van der Waals surface area contributed by atoms with Crippen molar-refractivity contribution in [3.05, 3.63) is 41.8 Å². The third-order valence-corrected chi connectivity index (χ3v) is 5.10. The van der Waals surface area contributed by atoms with Crippen LogP contribution in [0.5, 0.6) is 0 Å². The normalized spacial score (nSPS) is 19.5. The molecule has 1 aromatic heterocycles. The minimum Gasteiger partial charge on any atom is -0.405 e. The van der Waals surface area contributed by atoms with E-state index in [1.54, 1.807) is 0 Å². The largest absolute Gasteiger partial charge is 0.405 e. The van der Waals surface area contributed by atoms with Crippen LogP contribution in [0, 0.1) is 5.92 Å². The van der Waals surface area contributed by atoms with Gasteiger partial charge in [0.2, 0.25) is 11.8 Å². The Kier molecular flexibility index (Phi) is 5.15. The molecule has 2 fully saturated rings. The molecule has 1 aliphatic carbocycles. The average molecular weight is 356 g/mol. The van der Waals surface area contributed by atoms with Gasteiger partial charge in [-0.1, -0.05) is 48.3 Å². The third-order valence-electron chi connectivity index (χ3n) is 5.10. The third kappa shape index (κ3) is 3.72. The number of carbonyl (C=O) groups excluding carboxylic acids is 1. The molecule has 1 saturated carbocycles. The molecule has 1 aliphatic heterocycles. The van der Waals surface area contributed by atoms with E-state index in [4.69, 9.17) is 9.15 Å². The predicted octanol–water partition coefficient (Wildman–Crippen LogP) is 2.30. The number of morpholine rings is 1. The first-order chi connectivity index (χ1) is 12.8. The highest BCUT2D eigenvalue weighted by molar-refractivity contribution is 5.79. The number of carbonyl (C=O) groups is 1. The van der Waals surface area contributed by atoms with Crippen LogP contribution in [0.3, 0.4) is 0 Å². The molecule has 1 aromatic carbocycles. The summed E-state index contributed by atoms with van der Waals surface area (Å²) >= 11 is 0. The summed E-state index contributed by atoms with van der Waals surface area (Å²) in [6.45, 7) is 2.76. The van der Waals surface area contributed by atoms with E-state index < -0.39 is 6.04 Å². The number of amides is 1. The summed E-state index contributed by atoms with van der Waals surface area (Å²) in [5, 5.41) is 11.6. The van der Waals surface area contributed by atoms with Crippen molar-refractivity contribution in [1.82, 2.24) is 15.5 Å². The molecular formula is C19H24N4O3. The van der Waals surface area contributed by atoms with Gasteiger partial charge in [0.15, 0.2) is 0 Å². The first-order valence-corrected chi connectivity index (χ1v) is 9.32. The monoisotopic (exact) mass is 356 g/mol. The standard InChI is InChI=1S/C19H24N4O3/c24-17(15-8-4-5-9-15)20-16(14-6-2-1-3-7-14)18-21-22-19(26-18)23-10-12-25-13-11-23/h1-3,6-7,15-16H,4-5,8-13H2,(H,20,24). The Morgan fingerprint density at radius 2 is 1.85 bits per heavy atom. The van der Waals surface area contributed by atoms with Crippen LogP contribution in [-0.4, -0.2) is 42.4 Å². The fourth-order valence-electron chi connectivity index (χ4n) is 3.61. The summed E-state index contributed by atoms with van der Waals surface area (Å²) in [7, 11) is 0. The summed E-state index contributed by atoms with van der Waals surface area (Å²) in [5.41, 5.74) is 0.941. The minimum atomic E-state index is -0.424. The van der Waals surface area contributed by atoms with Crippen molar-refractivity contribution in [2.75, 3.05) is 31.2 Å². The van der Waals surface area contributed by atoms with Crippen LogP contribution in [0.1, 0.15) is 43.2 Å². The number of ether oxygens (including phenoxy) is 1. The molecular weight excluding hydrogens is 332 g/mol. The Morgan fingerprint density at radius 3 is 2.58 bits per heavy atom. The molecule has 0 radical (unpaired) electrons. The zero-order valence-electron chi connectivity index (χ0n) is 14.8. The SMILES string of the molecule is O=C(NC(c1ccccc1)c1nnc(N2CCOCC2)o1)C1CCCC1. The molecule has 1 N–H and O–H groups in total. The van der Waals surface area contributed by atoms with E-state index in [2.05, 4.69) is 15.5 Å². The second kappa shape index (κ2) is 7.86. The lowest BCUT2D eigenvalue weighted by molar-refractivity contribution is -0.125. The van der Waals surface area contributed by atoms with E-state index in [1.165, 1.54) is 0 Å². The summed E-state index contributed by atoms with van der Waals surface area (Å²) in [5.74, 6) is 0.578. The molecule has 0 spiro atoms. The first kappa shape index (κ1) is 17.0. The quantitative estimate of drug-likeness (QED) is 0.885. The van der Waals surface area contributed by atoms with Gasteiger partial charge in [-0.2, -0.15) is 0 Å². The molecule has 2 aromatic rings. The van der Waals surface area contributed by atoms with Crippen LogP contribution < -0.4 is 10.2 Å². The number of nitrogens with zero attached hydrogens (tertiary/aromatic N) is 3. The zero-order valence-corrected chi connectivity index (χ0v) is 14.8. The van der Waals surface area contributed by atoms with E-state index in [9.17, 15) is 4.79 Å². The van der Waals surface area contributed by atoms with Crippen LogP contribution in [0.15, 0.2) is 34.7 Å². The maximum Gasteiger partial charge on any atom is 0.318 e. The number of benzene rings is 1. The number of hydrogen-bond acceptors (Lipinski definition) is 6. The summed E-state index contributed by atoms with van der Waals surface area (Å²) in [6.07, 6.45) is 4.15. The van der Waals surface area contributed by atoms with Crippen LogP contribution >= 0.6 is 0 Å². The highest BCUT2D eigenvalue weighted by atomic mass is 16.5. The van der Waals surface area contributed by atoms with E-state index >= 15 is 0 Å². The van der Waals surface area contributed by atoms with Crippen LogP contribution in [-0.2, 0) is 9.53 Å². The van der Waals surface area contributed by atoms with Crippen LogP contribution in [0.2, 0.25) is 0 Å². The smallest absolute Gasteiger partial charge is 0.318 e. The van der Waals surface area contributed by atoms with Crippen molar-refractivity contribution < 1.29 is 13.9 Å². The van der Waals surface area contributed by atoms with Crippen molar-refractivity contribution >= 4 is 11.9 Å². The number of nitrogens with one attached hydrogen (secondary N) is 1. The minimum absolute atomic E-state index is 0.0717. The molecule has 1 atom stereocenters. The summed E-state index contributed by atoms with van der Waals surface area (Å²) in [4.78, 5) is 14.7. The van der Waals surface area contributed by atoms with Crippen molar-refractivity contribution in [2.24, 2.45) is 5.92 Å². The molecule has 1 unspecified atom stereocenters. The number of anilines is 1. The fourth-order valence-corrected chi connectivity index (χ4v) is 3.61. The highest BCUT2D eigenvalue weighted by Gasteiger charge is 2.29. The Labute approximate surface area is 152 Å². The second-order valence-electron chi connectivity index (χ2n) is 6.86. The van der Waals surface area contributed by atoms with Gasteiger partial charge in [-0.15, -0.1) is 5.10 Å². The van der Waals surface area contributed by atoms with Crippen molar-refractivity contribution in [3.8, 4) is 0 Å². The molecule has 2 aliphatic rings. The molecule has 2 heterocycles. The Bertz CT molecular complexity index is 721. The summed E-state index contributed by atoms with van der Waals surface area (Å²) < 4.78 is 11.3. The van der Waals surface area contributed by atoms with Gasteiger partial charge >= 0.3 is 6.01 Å². The molecule has 138 valence electrons. The topological polar surface area (TPSA) is 80.5 Å². The van der Waals surface area contributed by atoms with Gasteiger partial charge in [0.05, 0.1) is 13.2 Å². The molecule has 26 heavy (non-hydrogen) atoms. The number of hydrogen-bond donors (Lipinski definition) is 1. The average Bonchev–Trinajstić information content (AvgIpc) is 3.39. The fraction of sp³-hybridized carbons (Fsp3) is 0.526. The van der Waals surface area contributed by atoms with Crippen molar-refractivity contribution in [3.63, 3.8) is 0 Å². The van der Waals surface area contributed by atoms with Gasteiger partial charge in [-0.3, -0.25) is 4.79 Å². The van der Waals surface area contributed by atoms with Crippen LogP contribution in [0.4, 0.5) is 6.01 Å². The summed E-state index contributed by atoms with van der Waals surface area (Å²) in [6, 6.07) is 9.85. The lowest BCUT2D eigenvalue weighted by Gasteiger charge is -2.24. The maximum absolute atomic E-state index is 12.7. The molecule has 7 heteroatoms. The van der Waals surface area contributed by atoms with E-state index in [0.717, 1.165) is 44.3 Å². The van der Waals surface area contributed by atoms with Gasteiger partial charge < -0.3 is 19.4 Å². The van der Waals surface area contributed by atoms with Gasteiger partial charge in [0.25, 0.3) is 0 Å². The lowest BCUT2D eigenvalue weighted by Crippen LogP contribution is -2.36. The Hall–Kier alpha value is -2.41.